The second kappa shape index (κ2) is 8.25. The van der Waals surface area contributed by atoms with Crippen molar-refractivity contribution in [2.75, 3.05) is 39.6 Å². The van der Waals surface area contributed by atoms with Crippen LogP contribution in [0.5, 0.6) is 11.5 Å². The van der Waals surface area contributed by atoms with Gasteiger partial charge in [-0.3, -0.25) is 4.79 Å². The van der Waals surface area contributed by atoms with E-state index in [0.717, 1.165) is 47.3 Å². The first-order chi connectivity index (χ1) is 16.7. The number of hydrogen-bond donors (Lipinski definition) is 1. The van der Waals surface area contributed by atoms with Crippen LogP contribution in [0.4, 0.5) is 5.69 Å². The molecule has 5 atom stereocenters. The Kier molecular flexibility index (Phi) is 5.51. The van der Waals surface area contributed by atoms with Gasteiger partial charge in [-0.25, -0.2) is 0 Å². The average Bonchev–Trinajstić information content (AvgIpc) is 3.40. The highest BCUT2D eigenvalue weighted by Gasteiger charge is 2.66. The van der Waals surface area contributed by atoms with E-state index in [9.17, 15) is 9.90 Å². The molecule has 0 unspecified atom stereocenters. The van der Waals surface area contributed by atoms with Crippen LogP contribution in [0.25, 0.3) is 6.08 Å². The van der Waals surface area contributed by atoms with E-state index in [1.165, 1.54) is 11.1 Å². The molecule has 6 rings (SSSR count). The third-order valence-corrected chi connectivity index (χ3v) is 10.6. The monoisotopic (exact) mass is 557 g/mol. The Morgan fingerprint density at radius 2 is 2.11 bits per heavy atom. The number of thiophene rings is 1. The van der Waals surface area contributed by atoms with Crippen molar-refractivity contribution < 1.29 is 14.6 Å². The second-order valence-electron chi connectivity index (χ2n) is 10.8. The summed E-state index contributed by atoms with van der Waals surface area (Å²) in [4.78, 5) is 20.9. The smallest absolute Gasteiger partial charge is 0.246 e. The van der Waals surface area contributed by atoms with Crippen molar-refractivity contribution >= 4 is 44.9 Å². The zero-order valence-corrected chi connectivity index (χ0v) is 23.0. The molecule has 6 nitrogen and oxygen atoms in total. The largest absolute Gasteiger partial charge is 0.504 e. The molecule has 1 spiro atoms. The molecule has 2 aliphatic heterocycles. The van der Waals surface area contributed by atoms with E-state index in [1.807, 2.05) is 49.6 Å². The number of carbonyl (C=O) groups excluding carboxylic acids is 1. The van der Waals surface area contributed by atoms with Crippen LogP contribution in [-0.2, 0) is 16.6 Å². The van der Waals surface area contributed by atoms with Crippen molar-refractivity contribution in [3.05, 3.63) is 44.1 Å². The normalized spacial score (nSPS) is 30.8. The van der Waals surface area contributed by atoms with E-state index in [-0.39, 0.29) is 29.2 Å². The molecule has 1 saturated carbocycles. The third kappa shape index (κ3) is 3.32. The van der Waals surface area contributed by atoms with Gasteiger partial charge in [0.1, 0.15) is 6.10 Å². The summed E-state index contributed by atoms with van der Waals surface area (Å²) >= 11 is 5.08. The number of piperidine rings is 1. The van der Waals surface area contributed by atoms with Gasteiger partial charge in [-0.1, -0.05) is 0 Å². The summed E-state index contributed by atoms with van der Waals surface area (Å²) in [6.45, 7) is 1.00. The van der Waals surface area contributed by atoms with E-state index >= 15 is 0 Å². The lowest BCUT2D eigenvalue weighted by Gasteiger charge is -2.60. The zero-order valence-electron chi connectivity index (χ0n) is 20.6. The molecule has 3 heterocycles. The molecule has 1 aromatic carbocycles. The fraction of sp³-hybridized carbons (Fsp3) is 0.519. The van der Waals surface area contributed by atoms with Gasteiger partial charge in [0, 0.05) is 70.7 Å². The van der Waals surface area contributed by atoms with Crippen LogP contribution in [-0.4, -0.2) is 73.7 Å². The number of nitrogens with zero attached hydrogens (tertiary/aromatic N) is 3. The number of carbonyl (C=O) groups is 1. The molecular weight excluding hydrogens is 526 g/mol. The predicted octanol–water partition coefficient (Wildman–Crippen LogP) is 4.49. The number of hydrogen-bond acceptors (Lipinski definition) is 6. The van der Waals surface area contributed by atoms with Crippen molar-refractivity contribution in [3.8, 4) is 11.5 Å². The molecule has 2 bridgehead atoms. The van der Waals surface area contributed by atoms with Crippen LogP contribution in [0.1, 0.15) is 35.3 Å². The molecular formula is C27H32BrN3O3S. The number of ether oxygens (including phenoxy) is 1. The highest BCUT2D eigenvalue weighted by atomic mass is 79.9. The quantitative estimate of drug-likeness (QED) is 0.561. The number of anilines is 1. The van der Waals surface area contributed by atoms with Crippen molar-refractivity contribution in [2.24, 2.45) is 5.92 Å². The molecule has 1 saturated heterocycles. The Bertz CT molecular complexity index is 1230. The molecule has 0 radical (unpaired) electrons. The van der Waals surface area contributed by atoms with Crippen LogP contribution in [0.3, 0.4) is 0 Å². The molecule has 1 N–H and O–H groups in total. The number of likely N-dealkylation sites (N-methyl/N-ethyl adjacent to an activating group) is 2. The van der Waals surface area contributed by atoms with E-state index in [1.54, 1.807) is 17.4 Å². The molecule has 2 fully saturated rings. The number of amides is 1. The number of rotatable bonds is 4. The summed E-state index contributed by atoms with van der Waals surface area (Å²) in [6.07, 6.45) is 7.36. The third-order valence-electron chi connectivity index (χ3n) is 8.97. The second-order valence-corrected chi connectivity index (χ2v) is 12.6. The lowest BCUT2D eigenvalue weighted by molar-refractivity contribution is -0.134. The zero-order chi connectivity index (χ0) is 24.6. The van der Waals surface area contributed by atoms with Crippen LogP contribution < -0.4 is 9.64 Å². The summed E-state index contributed by atoms with van der Waals surface area (Å²) < 4.78 is 7.75. The minimum atomic E-state index is -0.163. The Balaban J connectivity index is 1.40. The summed E-state index contributed by atoms with van der Waals surface area (Å²) in [5, 5.41) is 13.1. The van der Waals surface area contributed by atoms with Crippen molar-refractivity contribution in [2.45, 2.75) is 49.3 Å². The van der Waals surface area contributed by atoms with E-state index < -0.39 is 0 Å². The topological polar surface area (TPSA) is 56.3 Å². The summed E-state index contributed by atoms with van der Waals surface area (Å²) in [7, 11) is 8.25. The maximum absolute atomic E-state index is 13.3. The van der Waals surface area contributed by atoms with Gasteiger partial charge in [0.05, 0.1) is 6.04 Å². The average molecular weight is 559 g/mol. The van der Waals surface area contributed by atoms with E-state index in [2.05, 4.69) is 32.8 Å². The maximum Gasteiger partial charge on any atom is 0.246 e. The van der Waals surface area contributed by atoms with Crippen molar-refractivity contribution in [1.82, 2.24) is 9.80 Å². The van der Waals surface area contributed by atoms with Gasteiger partial charge in [-0.15, -0.1) is 11.3 Å². The molecule has 35 heavy (non-hydrogen) atoms. The number of phenolic OH excluding ortho intramolecular Hbond substituents is 1. The standard InChI is InChI=1S/C27H32BrN3O3S/c1-29(2)20-13-22(32)25-24-17(20)12-21-18-6-7-19(26(34-25)27(18,24)9-10-30(21)3)31(4)23(33)8-5-16-11-15(28)14-35-16/h5,8,11,13-14,18-19,21,26,32H,6-7,9-10,12H2,1-4H3/b8-5+/t18-,19+,21+,26-,27-/m0/s1. The van der Waals surface area contributed by atoms with Gasteiger partial charge in [0.2, 0.25) is 5.91 Å². The summed E-state index contributed by atoms with van der Waals surface area (Å²) in [5.41, 5.74) is 3.46. The first-order valence-corrected chi connectivity index (χ1v) is 14.0. The number of likely N-dealkylation sites (tertiary alicyclic amines) is 1. The molecule has 1 amide bonds. The van der Waals surface area contributed by atoms with Crippen LogP contribution >= 0.6 is 27.3 Å². The molecule has 2 aromatic rings. The summed E-state index contributed by atoms with van der Waals surface area (Å²) in [5.74, 6) is 1.35. The highest BCUT2D eigenvalue weighted by molar-refractivity contribution is 9.10. The fourth-order valence-electron chi connectivity index (χ4n) is 7.42. The lowest BCUT2D eigenvalue weighted by Crippen LogP contribution is -2.68. The SMILES string of the molecule is CN(C)c1cc(O)c2c3c1C[C@@H]1[C@@H]4CC[C@@H](N(C)C(=O)/C=C/c5cc(Br)cs5)[C@H](O2)[C@]34CCN1C. The van der Waals surface area contributed by atoms with Crippen molar-refractivity contribution in [3.63, 3.8) is 0 Å². The number of phenols is 1. The minimum Gasteiger partial charge on any atom is -0.504 e. The lowest BCUT2D eigenvalue weighted by atomic mass is 9.51. The molecule has 1 aromatic heterocycles. The number of aromatic hydroxyl groups is 1. The predicted molar refractivity (Wildman–Crippen MR) is 144 cm³/mol. The van der Waals surface area contributed by atoms with Gasteiger partial charge in [0.15, 0.2) is 11.5 Å². The van der Waals surface area contributed by atoms with Gasteiger partial charge in [-0.05, 0) is 78.8 Å². The number of benzene rings is 1. The molecule has 4 aliphatic rings. The van der Waals surface area contributed by atoms with Crippen LogP contribution in [0.15, 0.2) is 28.1 Å². The van der Waals surface area contributed by atoms with Crippen LogP contribution in [0.2, 0.25) is 0 Å². The first kappa shape index (κ1) is 23.4. The minimum absolute atomic E-state index is 0.00681. The van der Waals surface area contributed by atoms with Gasteiger partial charge < -0.3 is 24.5 Å². The van der Waals surface area contributed by atoms with Gasteiger partial charge in [-0.2, -0.15) is 0 Å². The molecule has 8 heteroatoms. The fourth-order valence-corrected chi connectivity index (χ4v) is 8.76. The number of halogens is 1. The first-order valence-electron chi connectivity index (χ1n) is 12.3. The molecule has 186 valence electrons. The van der Waals surface area contributed by atoms with Gasteiger partial charge >= 0.3 is 0 Å². The van der Waals surface area contributed by atoms with Crippen molar-refractivity contribution in [1.29, 1.82) is 0 Å². The molecule has 2 aliphatic carbocycles. The Hall–Kier alpha value is -2.03. The van der Waals surface area contributed by atoms with E-state index in [0.29, 0.717) is 17.7 Å². The maximum atomic E-state index is 13.3. The highest BCUT2D eigenvalue weighted by Crippen LogP contribution is 2.65. The van der Waals surface area contributed by atoms with E-state index in [4.69, 9.17) is 4.74 Å². The Labute approximate surface area is 219 Å². The summed E-state index contributed by atoms with van der Waals surface area (Å²) in [6, 6.07) is 4.30. The Morgan fingerprint density at radius 3 is 2.83 bits per heavy atom. The van der Waals surface area contributed by atoms with Crippen LogP contribution in [0, 0.1) is 5.92 Å². The Morgan fingerprint density at radius 1 is 1.31 bits per heavy atom. The van der Waals surface area contributed by atoms with Gasteiger partial charge in [0.25, 0.3) is 0 Å².